The summed E-state index contributed by atoms with van der Waals surface area (Å²) in [4.78, 5) is 80.4. The molecule has 22 nitrogen and oxygen atoms in total. The maximum atomic E-state index is 13.9. The summed E-state index contributed by atoms with van der Waals surface area (Å²) in [5, 5.41) is 43.8. The number of carboxylic acids is 1. The molecule has 9 unspecified atom stereocenters. The Morgan fingerprint density at radius 3 is 1.31 bits per heavy atom. The van der Waals surface area contributed by atoms with Crippen molar-refractivity contribution in [2.75, 3.05) is 39.3 Å². The molecule has 16 rings (SSSR count). The van der Waals surface area contributed by atoms with Crippen LogP contribution < -0.4 is 16.4 Å². The number of nitrogens with one attached hydrogen (secondary N) is 2. The second kappa shape index (κ2) is 55.7. The molecule has 11 aliphatic rings. The molecule has 5 aliphatic heterocycles. The molecule has 811 valence electrons. The molecule has 8 N–H and O–H groups in total. The first-order valence-electron chi connectivity index (χ1n) is 56.1. The van der Waals surface area contributed by atoms with E-state index >= 15 is 0 Å². The van der Waals surface area contributed by atoms with Crippen molar-refractivity contribution < 1.29 is 58.1 Å². The zero-order chi connectivity index (χ0) is 106. The number of carboxylic acid groups (broad SMARTS) is 1. The number of hydrogen-bond donors (Lipinski definition) is 7. The Hall–Kier alpha value is -5.97. The highest BCUT2D eigenvalue weighted by Gasteiger charge is 2.53. The highest BCUT2D eigenvalue weighted by atomic mass is 79.9. The first-order valence-corrected chi connectivity index (χ1v) is 57.0. The number of likely N-dealkylation sites (tertiary alicyclic amines) is 2. The van der Waals surface area contributed by atoms with Crippen LogP contribution >= 0.6 is 28.3 Å². The highest BCUT2D eigenvalue weighted by Crippen LogP contribution is 2.52. The number of alkyl halides is 1. The summed E-state index contributed by atoms with van der Waals surface area (Å²) in [7, 11) is -0.0637. The molecule has 0 bridgehead atoms. The number of unbranched alkanes of at least 4 members (excludes halogenated alkanes) is 2. The first kappa shape index (κ1) is 124. The summed E-state index contributed by atoms with van der Waals surface area (Å²) < 4.78 is 22.9. The normalized spacial score (nSPS) is 24.4. The number of amides is 1. The van der Waals surface area contributed by atoms with Gasteiger partial charge in [-0.15, -0.1) is 25.6 Å². The number of nitrogens with zero attached hydrogens (tertiary/aromatic N) is 7. The van der Waals surface area contributed by atoms with Crippen LogP contribution in [0.1, 0.15) is 429 Å². The number of nitrogens with two attached hydrogens (primary N) is 1. The number of halogens is 2. The van der Waals surface area contributed by atoms with Crippen molar-refractivity contribution in [1.82, 2.24) is 45.4 Å². The van der Waals surface area contributed by atoms with Gasteiger partial charge in [0.1, 0.15) is 17.1 Å². The van der Waals surface area contributed by atoms with E-state index in [1.165, 1.54) is 116 Å². The second-order valence-electron chi connectivity index (χ2n) is 50.4. The van der Waals surface area contributed by atoms with Gasteiger partial charge in [-0.05, 0) is 426 Å². The molecule has 5 saturated heterocycles. The quantitative estimate of drug-likeness (QED) is 0.0101. The fourth-order valence-electron chi connectivity index (χ4n) is 24.3. The summed E-state index contributed by atoms with van der Waals surface area (Å²) in [5.41, 5.74) is 16.2. The predicted molar refractivity (Wildman–Crippen MR) is 601 cm³/mol. The van der Waals surface area contributed by atoms with Crippen molar-refractivity contribution in [2.24, 2.45) is 62.4 Å². The zero-order valence-electron chi connectivity index (χ0n) is 93.6. The Morgan fingerprint density at radius 1 is 0.500 bits per heavy atom. The van der Waals surface area contributed by atoms with Gasteiger partial charge in [0, 0.05) is 77.2 Å². The molecule has 27 heteroatoms. The third-order valence-corrected chi connectivity index (χ3v) is 35.7. The number of carbonyl (C=O) groups is 4. The molecule has 0 spiro atoms. The average Bonchev–Trinajstić information content (AvgIpc) is 1.64. The number of hydrogen-bond acceptors (Lipinski definition) is 20. The number of allylic oxidation sites excluding steroid dienone is 2. The van der Waals surface area contributed by atoms with Gasteiger partial charge in [-0.2, -0.15) is 0 Å². The predicted octanol–water partition coefficient (Wildman–Crippen LogP) is 25.1. The van der Waals surface area contributed by atoms with Crippen LogP contribution in [0, 0.1) is 56.7 Å². The summed E-state index contributed by atoms with van der Waals surface area (Å²) in [6, 6.07) is 21.9. The minimum Gasteiger partial charge on any atom is -0.480 e. The van der Waals surface area contributed by atoms with Crippen LogP contribution in [-0.2, 0) is 69.9 Å². The minimum atomic E-state index is -1.33. The number of rotatable bonds is 29. The van der Waals surface area contributed by atoms with Crippen LogP contribution in [0.5, 0.6) is 0 Å². The number of ketones is 2. The molecule has 10 heterocycles. The third kappa shape index (κ3) is 34.5. The SMILES string of the molecule is BrC1CCCc2cccnc21.C=CCCC(C)(C(=O)CC(C)(C)C)C1CCN(C2CCCc3cccnc32)CC1.C=CCCC(C)(C(=O)NC(C)(C)C)C1CCNCC1.CC(C)(C)CC(=O)C(C)(CCCCB1OC(C)(C)C(C)(C)O1)C1CCN(C2CCCc3cccnc32)CC1.CC1(C)O[B]OC1(C)C.Cl.NC(CCCCB(O)O)(C(=O)O)C1CCC(C2CCCc3cccnc32)CC1.OC1CCCc2cccnc21. The largest absolute Gasteiger partial charge is 0.488 e. The minimum absolute atomic E-state index is 0. The van der Waals surface area contributed by atoms with Gasteiger partial charge in [-0.3, -0.25) is 53.9 Å². The molecule has 1 amide bonds. The maximum Gasteiger partial charge on any atom is 0.488 e. The van der Waals surface area contributed by atoms with Crippen molar-refractivity contribution in [3.05, 3.63) is 173 Å². The molecule has 1 saturated carbocycles. The number of aliphatic carboxylic acids is 1. The number of aryl methyl sites for hydroxylation is 5. The van der Waals surface area contributed by atoms with E-state index in [1.54, 1.807) is 6.20 Å². The van der Waals surface area contributed by atoms with Gasteiger partial charge in [0.25, 0.3) is 0 Å². The van der Waals surface area contributed by atoms with Crippen LogP contribution in [-0.4, -0.2) is 173 Å². The average molecular weight is 2100 g/mol. The third-order valence-electron chi connectivity index (χ3n) is 34.8. The van der Waals surface area contributed by atoms with Gasteiger partial charge in [-0.1, -0.05) is 146 Å². The lowest BCUT2D eigenvalue weighted by molar-refractivity contribution is -0.147. The van der Waals surface area contributed by atoms with E-state index in [2.05, 4.69) is 191 Å². The number of pyridine rings is 5. The van der Waals surface area contributed by atoms with E-state index in [1.807, 2.05) is 110 Å². The maximum absolute atomic E-state index is 13.9. The number of Topliss-reactive ketones (excluding diaryl/α,β-unsaturated/α-hetero) is 2. The Kier molecular flexibility index (Phi) is 47.1. The molecule has 6 aliphatic carbocycles. The number of aromatic nitrogens is 5. The van der Waals surface area contributed by atoms with Gasteiger partial charge in [0.2, 0.25) is 5.91 Å². The first-order chi connectivity index (χ1) is 68.4. The van der Waals surface area contributed by atoms with Crippen molar-refractivity contribution >= 4 is 73.7 Å². The molecular weight excluding hydrogens is 1910 g/mol. The van der Waals surface area contributed by atoms with E-state index in [-0.39, 0.29) is 98.8 Å². The summed E-state index contributed by atoms with van der Waals surface area (Å²) >= 11 is 3.62. The van der Waals surface area contributed by atoms with Gasteiger partial charge >= 0.3 is 27.9 Å². The monoisotopic (exact) mass is 2100 g/mol. The van der Waals surface area contributed by atoms with Crippen LogP contribution in [0.2, 0.25) is 12.6 Å². The van der Waals surface area contributed by atoms with Crippen LogP contribution in [0.3, 0.4) is 0 Å². The molecule has 9 atom stereocenters. The van der Waals surface area contributed by atoms with Gasteiger partial charge < -0.3 is 55.2 Å². The molecule has 5 aromatic rings. The number of carbonyl (C=O) groups excluding carboxylic acids is 3. The van der Waals surface area contributed by atoms with Gasteiger partial charge in [0.15, 0.2) is 0 Å². The van der Waals surface area contributed by atoms with E-state index < -0.39 is 18.6 Å². The fourth-order valence-corrected chi connectivity index (χ4v) is 25.0. The smallest absolute Gasteiger partial charge is 0.480 e. The molecule has 1 radical (unpaired) electrons. The summed E-state index contributed by atoms with van der Waals surface area (Å²) in [6.45, 7) is 56.5. The van der Waals surface area contributed by atoms with Gasteiger partial charge in [-0.25, -0.2) is 0 Å². The van der Waals surface area contributed by atoms with Gasteiger partial charge in [0.05, 0.1) is 68.2 Å². The Balaban J connectivity index is 0.000000199. The second-order valence-corrected chi connectivity index (χ2v) is 51.5. The number of fused-ring (bicyclic) bond motifs is 5. The van der Waals surface area contributed by atoms with Crippen molar-refractivity contribution in [3.63, 3.8) is 0 Å². The number of aliphatic hydroxyl groups is 1. The Morgan fingerprint density at radius 2 is 0.890 bits per heavy atom. The molecular formula is C119H190B3BrClN10O12. The van der Waals surface area contributed by atoms with Crippen molar-refractivity contribution in [3.8, 4) is 0 Å². The van der Waals surface area contributed by atoms with Crippen LogP contribution in [0.15, 0.2) is 117 Å². The van der Waals surface area contributed by atoms with Crippen molar-refractivity contribution in [2.45, 2.75) is 451 Å². The van der Waals surface area contributed by atoms with Crippen LogP contribution in [0.25, 0.3) is 0 Å². The molecule has 0 aromatic carbocycles. The summed E-state index contributed by atoms with van der Waals surface area (Å²) in [6.07, 6.45) is 51.4. The number of aliphatic hydroxyl groups excluding tert-OH is 1. The molecule has 5 aromatic heterocycles. The summed E-state index contributed by atoms with van der Waals surface area (Å²) in [5.74, 6) is 2.61. The zero-order valence-corrected chi connectivity index (χ0v) is 96.0. The van der Waals surface area contributed by atoms with E-state index in [9.17, 15) is 29.4 Å². The van der Waals surface area contributed by atoms with E-state index in [4.69, 9.17) is 44.4 Å². The van der Waals surface area contributed by atoms with E-state index in [0.29, 0.717) is 90.2 Å². The molecule has 146 heavy (non-hydrogen) atoms. The van der Waals surface area contributed by atoms with E-state index in [0.717, 1.165) is 199 Å². The highest BCUT2D eigenvalue weighted by molar-refractivity contribution is 9.09. The lowest BCUT2D eigenvalue weighted by Crippen LogP contribution is -2.55. The lowest BCUT2D eigenvalue weighted by atomic mass is 9.64. The lowest BCUT2D eigenvalue weighted by Gasteiger charge is -2.45. The Labute approximate surface area is 897 Å². The Bertz CT molecular complexity index is 4800. The van der Waals surface area contributed by atoms with Crippen LogP contribution in [0.4, 0.5) is 0 Å². The molecule has 6 fully saturated rings. The fraction of sp³-hybridized carbons (Fsp3) is 0.723. The van der Waals surface area contributed by atoms with Crippen molar-refractivity contribution in [1.29, 1.82) is 0 Å². The topological polar surface area (TPSA) is 307 Å². The standard InChI is InChI=1S/C32H53BN2O3.C26H40N2O.C21H33BN2O4.C16H30N2O.C9H10BrN.C9H11NO.C6H12BO2.ClH/c1-29(2,3)23-27(36)32(8,18-9-10-19-33-37-30(4,5)31(6,7)38-33)25-16-21-35(22-17-25)26-15-11-13-24-14-12-20-34-28(24)26;1-6-7-15-26(5,23(29)19-25(2,3)4)21-13-17-28(18-14-21)22-12-8-10-20-11-9-16-27-24(20)22;23-21(20(25)26,12-1-2-13-22(27)28)17-10-8-15(9-11-17)18-7-3-5-16-6-4-14-24-19(16)18;1-6-7-10-16(5,13-8-11-17-12-9-13)14(19)18-15(2,3)4;10-8-5-1-3-7-4-2-6-11-9(7)8;11-8-5-1-3-7-4-2-6-10-9(7)8;1-5(2)6(3,4)9-7-8-5;/h12,14,20,25-26H,9-11,13,15-19,21-23H2,1-8H3;6,9,11,16,21-22H,1,7-8,10,12-15,17-19H2,2-5H3;4,6,14-15,17-18,27-28H,1-3,5,7-13,23H2,(H,25,26);6,13,17H,1,7-12H2,2-5H3,(H,18,19);2,4,6,8H,1,3,5H2;2,4,6,8,11H,1,3,5H2;1-4H3;1H. The number of piperidine rings is 3.